The summed E-state index contributed by atoms with van der Waals surface area (Å²) in [6.07, 6.45) is 2.26. The third kappa shape index (κ3) is 5.64. The summed E-state index contributed by atoms with van der Waals surface area (Å²) in [4.78, 5) is 2.63. The van der Waals surface area contributed by atoms with Crippen molar-refractivity contribution in [2.45, 2.75) is 25.8 Å². The van der Waals surface area contributed by atoms with Gasteiger partial charge in [-0.05, 0) is 43.4 Å². The van der Waals surface area contributed by atoms with Crippen molar-refractivity contribution in [3.05, 3.63) is 23.8 Å². The Morgan fingerprint density at radius 2 is 1.85 bits per heavy atom. The molecule has 2 saturated heterocycles. The Bertz CT molecular complexity index is 504. The number of ether oxygens (including phenoxy) is 3. The van der Waals surface area contributed by atoms with E-state index in [2.05, 4.69) is 28.4 Å². The van der Waals surface area contributed by atoms with E-state index in [9.17, 15) is 0 Å². The van der Waals surface area contributed by atoms with Gasteiger partial charge in [0.05, 0.1) is 13.7 Å². The van der Waals surface area contributed by atoms with E-state index in [1.165, 1.54) is 5.56 Å². The lowest BCUT2D eigenvalue weighted by atomic mass is 9.85. The normalized spacial score (nSPS) is 19.8. The lowest BCUT2D eigenvalue weighted by Gasteiger charge is -2.41. The number of methoxy groups -OCH3 is 1. The smallest absolute Gasteiger partial charge is 0.161 e. The van der Waals surface area contributed by atoms with Crippen LogP contribution in [-0.2, 0) is 4.74 Å². The van der Waals surface area contributed by atoms with Gasteiger partial charge in [-0.25, -0.2) is 0 Å². The zero-order chi connectivity index (χ0) is 16.8. The molecule has 26 heavy (non-hydrogen) atoms. The molecule has 2 aliphatic heterocycles. The van der Waals surface area contributed by atoms with Crippen LogP contribution < -0.4 is 14.8 Å². The summed E-state index contributed by atoms with van der Waals surface area (Å²) >= 11 is 0. The lowest BCUT2D eigenvalue weighted by Crippen LogP contribution is -2.47. The van der Waals surface area contributed by atoms with E-state index in [1.807, 2.05) is 6.92 Å². The average Bonchev–Trinajstić information content (AvgIpc) is 2.65. The average molecular weight is 407 g/mol. The van der Waals surface area contributed by atoms with Gasteiger partial charge in [0, 0.05) is 45.4 Å². The van der Waals surface area contributed by atoms with Crippen LogP contribution in [0.3, 0.4) is 0 Å². The van der Waals surface area contributed by atoms with Crippen LogP contribution in [0.1, 0.15) is 31.4 Å². The van der Waals surface area contributed by atoms with E-state index in [1.54, 1.807) is 7.11 Å². The van der Waals surface area contributed by atoms with Gasteiger partial charge in [0.25, 0.3) is 0 Å². The Kier molecular flexibility index (Phi) is 10.7. The third-order valence-electron chi connectivity index (χ3n) is 5.09. The molecular weight excluding hydrogens is 375 g/mol. The van der Waals surface area contributed by atoms with Gasteiger partial charge in [-0.2, -0.15) is 0 Å². The quantitative estimate of drug-likeness (QED) is 0.784. The number of rotatable bonds is 6. The standard InChI is InChI=1S/C19H30N2O3.2ClH/c1-3-24-17-5-4-16(14-18(17)22-2)19(15-6-12-23-13-7-15)21-10-8-20-9-11-21;;/h4-5,14-15,19-20H,3,6-13H2,1-2H3;2*1H/t19-;;/m1../s1. The van der Waals surface area contributed by atoms with Gasteiger partial charge >= 0.3 is 0 Å². The fraction of sp³-hybridized carbons (Fsp3) is 0.684. The maximum absolute atomic E-state index is 5.68. The molecule has 1 atom stereocenters. The molecule has 2 aliphatic rings. The first-order valence-corrected chi connectivity index (χ1v) is 9.16. The molecule has 2 heterocycles. The third-order valence-corrected chi connectivity index (χ3v) is 5.09. The van der Waals surface area contributed by atoms with Crippen molar-refractivity contribution >= 4 is 24.8 Å². The predicted octanol–water partition coefficient (Wildman–Crippen LogP) is 3.31. The maximum Gasteiger partial charge on any atom is 0.161 e. The molecule has 0 amide bonds. The highest BCUT2D eigenvalue weighted by molar-refractivity contribution is 5.85. The summed E-state index contributed by atoms with van der Waals surface area (Å²) in [6, 6.07) is 6.88. The van der Waals surface area contributed by atoms with Crippen molar-refractivity contribution in [3.63, 3.8) is 0 Å². The van der Waals surface area contributed by atoms with Gasteiger partial charge in [-0.1, -0.05) is 6.07 Å². The van der Waals surface area contributed by atoms with Gasteiger partial charge in [0.15, 0.2) is 11.5 Å². The molecule has 1 aromatic carbocycles. The number of hydrogen-bond acceptors (Lipinski definition) is 5. The van der Waals surface area contributed by atoms with Crippen LogP contribution in [0, 0.1) is 5.92 Å². The molecule has 7 heteroatoms. The summed E-state index contributed by atoms with van der Waals surface area (Å²) in [5, 5.41) is 3.46. The molecular formula is C19H32Cl2N2O3. The van der Waals surface area contributed by atoms with Gasteiger partial charge in [0.2, 0.25) is 0 Å². The summed E-state index contributed by atoms with van der Waals surface area (Å²) in [5.74, 6) is 2.30. The van der Waals surface area contributed by atoms with E-state index in [0.29, 0.717) is 18.6 Å². The summed E-state index contributed by atoms with van der Waals surface area (Å²) in [6.45, 7) is 8.72. The predicted molar refractivity (Wildman–Crippen MR) is 109 cm³/mol. The van der Waals surface area contributed by atoms with Crippen LogP contribution >= 0.6 is 24.8 Å². The number of halogens is 2. The molecule has 0 unspecified atom stereocenters. The second-order valence-corrected chi connectivity index (χ2v) is 6.52. The fourth-order valence-corrected chi connectivity index (χ4v) is 3.92. The van der Waals surface area contributed by atoms with Crippen LogP contribution in [0.2, 0.25) is 0 Å². The van der Waals surface area contributed by atoms with E-state index < -0.39 is 0 Å². The van der Waals surface area contributed by atoms with Crippen molar-refractivity contribution in [1.82, 2.24) is 10.2 Å². The number of benzene rings is 1. The lowest BCUT2D eigenvalue weighted by molar-refractivity contribution is 0.0212. The molecule has 0 spiro atoms. The second kappa shape index (κ2) is 11.9. The molecule has 150 valence electrons. The minimum Gasteiger partial charge on any atom is -0.493 e. The maximum atomic E-state index is 5.68. The molecule has 5 nitrogen and oxygen atoms in total. The number of nitrogens with one attached hydrogen (secondary N) is 1. The molecule has 1 N–H and O–H groups in total. The molecule has 0 radical (unpaired) electrons. The summed E-state index contributed by atoms with van der Waals surface area (Å²) in [7, 11) is 1.72. The zero-order valence-electron chi connectivity index (χ0n) is 15.7. The van der Waals surface area contributed by atoms with Crippen LogP contribution in [0.25, 0.3) is 0 Å². The van der Waals surface area contributed by atoms with Crippen LogP contribution in [0.5, 0.6) is 11.5 Å². The van der Waals surface area contributed by atoms with Crippen molar-refractivity contribution in [3.8, 4) is 11.5 Å². The van der Waals surface area contributed by atoms with Crippen molar-refractivity contribution in [1.29, 1.82) is 0 Å². The van der Waals surface area contributed by atoms with Gasteiger partial charge in [-0.3, -0.25) is 4.90 Å². The molecule has 0 bridgehead atoms. The van der Waals surface area contributed by atoms with Gasteiger partial charge in [0.1, 0.15) is 0 Å². The van der Waals surface area contributed by atoms with Crippen molar-refractivity contribution in [2.24, 2.45) is 5.92 Å². The largest absolute Gasteiger partial charge is 0.493 e. The topological polar surface area (TPSA) is 43.0 Å². The summed E-state index contributed by atoms with van der Waals surface area (Å²) < 4.78 is 16.9. The molecule has 3 rings (SSSR count). The van der Waals surface area contributed by atoms with E-state index in [0.717, 1.165) is 63.7 Å². The molecule has 0 saturated carbocycles. The Hall–Kier alpha value is -0.720. The first kappa shape index (κ1) is 23.3. The zero-order valence-corrected chi connectivity index (χ0v) is 17.4. The van der Waals surface area contributed by atoms with E-state index >= 15 is 0 Å². The summed E-state index contributed by atoms with van der Waals surface area (Å²) in [5.41, 5.74) is 1.34. The number of hydrogen-bond donors (Lipinski definition) is 1. The first-order valence-electron chi connectivity index (χ1n) is 9.16. The minimum atomic E-state index is 0. The molecule has 0 aliphatic carbocycles. The monoisotopic (exact) mass is 406 g/mol. The second-order valence-electron chi connectivity index (χ2n) is 6.52. The SMILES string of the molecule is CCOc1ccc([C@@H](C2CCOCC2)N2CCNCC2)cc1OC.Cl.Cl. The molecule has 1 aromatic rings. The highest BCUT2D eigenvalue weighted by atomic mass is 35.5. The van der Waals surface area contributed by atoms with Crippen LogP contribution in [0.15, 0.2) is 18.2 Å². The van der Waals surface area contributed by atoms with Crippen molar-refractivity contribution < 1.29 is 14.2 Å². The van der Waals surface area contributed by atoms with Crippen LogP contribution in [-0.4, -0.2) is 58.0 Å². The highest BCUT2D eigenvalue weighted by Crippen LogP contribution is 2.39. The Morgan fingerprint density at radius 1 is 1.15 bits per heavy atom. The van der Waals surface area contributed by atoms with Crippen LogP contribution in [0.4, 0.5) is 0 Å². The van der Waals surface area contributed by atoms with E-state index in [-0.39, 0.29) is 24.8 Å². The van der Waals surface area contributed by atoms with Gasteiger partial charge in [-0.15, -0.1) is 24.8 Å². The Morgan fingerprint density at radius 3 is 2.46 bits per heavy atom. The minimum absolute atomic E-state index is 0. The van der Waals surface area contributed by atoms with E-state index in [4.69, 9.17) is 14.2 Å². The molecule has 2 fully saturated rings. The highest BCUT2D eigenvalue weighted by Gasteiger charge is 2.31. The van der Waals surface area contributed by atoms with Gasteiger partial charge < -0.3 is 19.5 Å². The fourth-order valence-electron chi connectivity index (χ4n) is 3.92. The number of nitrogens with zero attached hydrogens (tertiary/aromatic N) is 1. The molecule has 0 aromatic heterocycles. The Balaban J connectivity index is 0.00000169. The first-order chi connectivity index (χ1) is 11.8. The Labute approximate surface area is 169 Å². The number of piperazine rings is 1. The van der Waals surface area contributed by atoms with Crippen molar-refractivity contribution in [2.75, 3.05) is 53.1 Å².